The molecule has 0 spiro atoms. The molecule has 0 saturated heterocycles. The third-order valence-corrected chi connectivity index (χ3v) is 7.14. The molecule has 0 heterocycles. The molecule has 206 valence electrons. The molecule has 0 saturated carbocycles. The van der Waals surface area contributed by atoms with Crippen molar-refractivity contribution < 1.29 is 15.3 Å². The highest BCUT2D eigenvalue weighted by atomic mass is 16.3. The van der Waals surface area contributed by atoms with Crippen molar-refractivity contribution in [3.05, 3.63) is 0 Å². The van der Waals surface area contributed by atoms with Crippen molar-refractivity contribution in [2.24, 2.45) is 0 Å². The van der Waals surface area contributed by atoms with E-state index in [1.165, 1.54) is 116 Å². The molecule has 0 rings (SSSR count). The summed E-state index contributed by atoms with van der Waals surface area (Å²) in [4.78, 5) is 2.04. The summed E-state index contributed by atoms with van der Waals surface area (Å²) in [5, 5.41) is 30.3. The van der Waals surface area contributed by atoms with Gasteiger partial charge in [0.2, 0.25) is 0 Å². The number of aliphatic hydroxyl groups is 3. The molecule has 0 amide bonds. The van der Waals surface area contributed by atoms with Gasteiger partial charge in [-0.1, -0.05) is 142 Å². The van der Waals surface area contributed by atoms with E-state index in [0.29, 0.717) is 19.6 Å². The molecule has 0 aliphatic carbocycles. The van der Waals surface area contributed by atoms with Gasteiger partial charge >= 0.3 is 0 Å². The molecular formula is C30H63NO3. The highest BCUT2D eigenvalue weighted by Crippen LogP contribution is 2.14. The first-order chi connectivity index (χ1) is 16.6. The lowest BCUT2D eigenvalue weighted by Gasteiger charge is -2.26. The molecule has 34 heavy (non-hydrogen) atoms. The van der Waals surface area contributed by atoms with Gasteiger partial charge in [0.15, 0.2) is 0 Å². The molecule has 0 bridgehead atoms. The van der Waals surface area contributed by atoms with Crippen molar-refractivity contribution in [3.63, 3.8) is 0 Å². The van der Waals surface area contributed by atoms with Gasteiger partial charge in [-0.05, 0) is 12.8 Å². The Morgan fingerprint density at radius 1 is 0.471 bits per heavy atom. The van der Waals surface area contributed by atoms with Crippen LogP contribution in [0.4, 0.5) is 0 Å². The lowest BCUT2D eigenvalue weighted by molar-refractivity contribution is 0.0519. The second kappa shape index (κ2) is 27.4. The lowest BCUT2D eigenvalue weighted by Crippen LogP contribution is -2.39. The van der Waals surface area contributed by atoms with Crippen LogP contribution in [0, 0.1) is 0 Å². The van der Waals surface area contributed by atoms with Crippen molar-refractivity contribution in [2.75, 3.05) is 26.2 Å². The van der Waals surface area contributed by atoms with E-state index in [1.807, 2.05) is 4.90 Å². The smallest absolute Gasteiger partial charge is 0.0667 e. The summed E-state index contributed by atoms with van der Waals surface area (Å²) in [6, 6.07) is 0. The Hall–Kier alpha value is -0.160. The fourth-order valence-corrected chi connectivity index (χ4v) is 4.91. The van der Waals surface area contributed by atoms with Gasteiger partial charge in [-0.25, -0.2) is 0 Å². The number of hydrogen-bond acceptors (Lipinski definition) is 4. The van der Waals surface area contributed by atoms with Crippen molar-refractivity contribution in [3.8, 4) is 0 Å². The molecule has 0 aromatic heterocycles. The van der Waals surface area contributed by atoms with E-state index >= 15 is 0 Å². The number of unbranched alkanes of at least 4 members (excludes halogenated alkanes) is 18. The Morgan fingerprint density at radius 2 is 0.765 bits per heavy atom. The van der Waals surface area contributed by atoms with Gasteiger partial charge < -0.3 is 15.3 Å². The van der Waals surface area contributed by atoms with Crippen molar-refractivity contribution >= 4 is 0 Å². The predicted molar refractivity (Wildman–Crippen MR) is 148 cm³/mol. The number of rotatable bonds is 28. The Morgan fingerprint density at radius 3 is 1.06 bits per heavy atom. The summed E-state index contributed by atoms with van der Waals surface area (Å²) in [5.74, 6) is 0. The fourth-order valence-electron chi connectivity index (χ4n) is 4.91. The fraction of sp³-hybridized carbons (Fsp3) is 1.00. The van der Waals surface area contributed by atoms with Crippen LogP contribution in [0.1, 0.15) is 155 Å². The van der Waals surface area contributed by atoms with Crippen LogP contribution in [0.3, 0.4) is 0 Å². The van der Waals surface area contributed by atoms with E-state index in [0.717, 1.165) is 25.7 Å². The van der Waals surface area contributed by atoms with E-state index in [-0.39, 0.29) is 18.8 Å². The van der Waals surface area contributed by atoms with Gasteiger partial charge in [0.05, 0.1) is 18.8 Å². The average molecular weight is 486 g/mol. The standard InChI is InChI=1S/C30H63NO3/c1-3-5-7-9-11-13-15-17-19-21-23-29(33)27-31(25-26-32)28-30(34)24-22-20-18-16-14-12-10-8-6-4-2/h29-30,32-34H,3-28H2,1-2H3. The van der Waals surface area contributed by atoms with Gasteiger partial charge in [0.1, 0.15) is 0 Å². The summed E-state index contributed by atoms with van der Waals surface area (Å²) >= 11 is 0. The van der Waals surface area contributed by atoms with E-state index in [2.05, 4.69) is 13.8 Å². The predicted octanol–water partition coefficient (Wildman–Crippen LogP) is 7.62. The maximum atomic E-state index is 10.4. The summed E-state index contributed by atoms with van der Waals surface area (Å²) in [6.45, 7) is 6.26. The van der Waals surface area contributed by atoms with Crippen molar-refractivity contribution in [1.82, 2.24) is 4.90 Å². The minimum absolute atomic E-state index is 0.0793. The van der Waals surface area contributed by atoms with Gasteiger partial charge in [-0.3, -0.25) is 4.90 Å². The molecule has 0 radical (unpaired) electrons. The van der Waals surface area contributed by atoms with E-state index in [4.69, 9.17) is 0 Å². The van der Waals surface area contributed by atoms with Crippen LogP contribution in [-0.2, 0) is 0 Å². The quantitative estimate of drug-likeness (QED) is 0.0997. The largest absolute Gasteiger partial charge is 0.395 e. The lowest BCUT2D eigenvalue weighted by atomic mass is 10.0. The molecule has 0 aliphatic rings. The topological polar surface area (TPSA) is 63.9 Å². The van der Waals surface area contributed by atoms with Crippen molar-refractivity contribution in [2.45, 2.75) is 167 Å². The Balaban J connectivity index is 3.71. The number of aliphatic hydroxyl groups excluding tert-OH is 3. The van der Waals surface area contributed by atoms with Crippen LogP contribution in [0.15, 0.2) is 0 Å². The summed E-state index contributed by atoms with van der Waals surface area (Å²) in [6.07, 6.45) is 27.1. The normalized spacial score (nSPS) is 13.6. The molecule has 4 heteroatoms. The highest BCUT2D eigenvalue weighted by molar-refractivity contribution is 4.69. The van der Waals surface area contributed by atoms with Crippen LogP contribution >= 0.6 is 0 Å². The van der Waals surface area contributed by atoms with Gasteiger partial charge in [-0.15, -0.1) is 0 Å². The minimum atomic E-state index is -0.356. The maximum absolute atomic E-state index is 10.4. The zero-order valence-corrected chi connectivity index (χ0v) is 23.3. The van der Waals surface area contributed by atoms with E-state index in [1.54, 1.807) is 0 Å². The molecular weight excluding hydrogens is 422 g/mol. The number of hydrogen-bond donors (Lipinski definition) is 3. The van der Waals surface area contributed by atoms with Gasteiger partial charge in [0, 0.05) is 19.6 Å². The molecule has 4 nitrogen and oxygen atoms in total. The second-order valence-corrected chi connectivity index (χ2v) is 10.7. The molecule has 0 aliphatic heterocycles. The summed E-state index contributed by atoms with van der Waals surface area (Å²) in [5.41, 5.74) is 0. The van der Waals surface area contributed by atoms with Crippen LogP contribution in [0.2, 0.25) is 0 Å². The van der Waals surface area contributed by atoms with Crippen LogP contribution in [0.5, 0.6) is 0 Å². The van der Waals surface area contributed by atoms with Gasteiger partial charge in [-0.2, -0.15) is 0 Å². The molecule has 3 N–H and O–H groups in total. The SMILES string of the molecule is CCCCCCCCCCCCC(O)CN(CCO)CC(O)CCCCCCCCCCCC. The van der Waals surface area contributed by atoms with E-state index in [9.17, 15) is 15.3 Å². The summed E-state index contributed by atoms with van der Waals surface area (Å²) in [7, 11) is 0. The highest BCUT2D eigenvalue weighted by Gasteiger charge is 2.15. The van der Waals surface area contributed by atoms with Crippen LogP contribution < -0.4 is 0 Å². The third kappa shape index (κ3) is 24.9. The molecule has 0 aromatic carbocycles. The average Bonchev–Trinajstić information content (AvgIpc) is 2.81. The van der Waals surface area contributed by atoms with E-state index < -0.39 is 0 Å². The van der Waals surface area contributed by atoms with Crippen LogP contribution in [-0.4, -0.2) is 58.7 Å². The number of nitrogens with zero attached hydrogens (tertiary/aromatic N) is 1. The first-order valence-corrected chi connectivity index (χ1v) is 15.3. The van der Waals surface area contributed by atoms with Crippen LogP contribution in [0.25, 0.3) is 0 Å². The maximum Gasteiger partial charge on any atom is 0.0667 e. The first-order valence-electron chi connectivity index (χ1n) is 15.3. The molecule has 0 fully saturated rings. The Labute approximate surface area is 213 Å². The Kier molecular flexibility index (Phi) is 27.3. The first kappa shape index (κ1) is 33.8. The summed E-state index contributed by atoms with van der Waals surface area (Å²) < 4.78 is 0. The zero-order valence-electron chi connectivity index (χ0n) is 23.3. The molecule has 0 aromatic rings. The zero-order chi connectivity index (χ0) is 25.1. The molecule has 2 atom stereocenters. The minimum Gasteiger partial charge on any atom is -0.395 e. The Bertz CT molecular complexity index is 348. The third-order valence-electron chi connectivity index (χ3n) is 7.14. The molecule has 2 unspecified atom stereocenters. The monoisotopic (exact) mass is 485 g/mol. The second-order valence-electron chi connectivity index (χ2n) is 10.7. The van der Waals surface area contributed by atoms with Crippen molar-refractivity contribution in [1.29, 1.82) is 0 Å². The van der Waals surface area contributed by atoms with Gasteiger partial charge in [0.25, 0.3) is 0 Å².